The van der Waals surface area contributed by atoms with Crippen LogP contribution in [0.4, 0.5) is 0 Å². The van der Waals surface area contributed by atoms with Crippen LogP contribution in [0.3, 0.4) is 0 Å². The third-order valence-corrected chi connectivity index (χ3v) is 5.08. The number of hydrogen-bond acceptors (Lipinski definition) is 3. The largest absolute Gasteiger partial charge is 0.367 e. The minimum atomic E-state index is -0.0538. The van der Waals surface area contributed by atoms with E-state index in [-0.39, 0.29) is 17.7 Å². The number of nitrogens with one attached hydrogen (secondary N) is 3. The topological polar surface area (TPSA) is 74.0 Å². The van der Waals surface area contributed by atoms with E-state index in [0.717, 1.165) is 12.8 Å². The number of amides is 1. The van der Waals surface area contributed by atoms with Gasteiger partial charge in [0.1, 0.15) is 0 Å². The highest BCUT2D eigenvalue weighted by molar-refractivity contribution is 6.09. The number of hydrogen-bond donors (Lipinski definition) is 3. The number of ketones is 1. The lowest BCUT2D eigenvalue weighted by Crippen LogP contribution is -2.48. The van der Waals surface area contributed by atoms with Crippen molar-refractivity contribution in [3.8, 4) is 0 Å². The molecular weight excluding hydrogens is 302 g/mol. The van der Waals surface area contributed by atoms with Crippen LogP contribution in [0.5, 0.6) is 0 Å². The minimum absolute atomic E-state index is 0.0434. The Kier molecular flexibility index (Phi) is 3.94. The highest BCUT2D eigenvalue weighted by atomic mass is 16.1. The fourth-order valence-corrected chi connectivity index (χ4v) is 3.85. The van der Waals surface area contributed by atoms with E-state index in [1.165, 1.54) is 12.8 Å². The lowest BCUT2D eigenvalue weighted by Gasteiger charge is -2.29. The molecule has 1 amide bonds. The van der Waals surface area contributed by atoms with Gasteiger partial charge >= 0.3 is 0 Å². The smallest absolute Gasteiger partial charge is 0.251 e. The summed E-state index contributed by atoms with van der Waals surface area (Å²) < 4.78 is 0. The Bertz CT molecular complexity index is 724. The molecule has 1 aromatic carbocycles. The van der Waals surface area contributed by atoms with Crippen LogP contribution < -0.4 is 10.6 Å². The van der Waals surface area contributed by atoms with Gasteiger partial charge in [-0.3, -0.25) is 9.59 Å². The van der Waals surface area contributed by atoms with Crippen molar-refractivity contribution in [2.45, 2.75) is 43.8 Å². The average molecular weight is 323 g/mol. The lowest BCUT2D eigenvalue weighted by molar-refractivity contribution is 0.0922. The molecule has 2 saturated heterocycles. The van der Waals surface area contributed by atoms with Crippen LogP contribution in [0.2, 0.25) is 0 Å². The van der Waals surface area contributed by atoms with Crippen molar-refractivity contribution in [2.75, 3.05) is 0 Å². The zero-order valence-corrected chi connectivity index (χ0v) is 13.4. The standard InChI is InChI=1S/C19H21N3O2/c23-18(14-7-8-20-11-14)12-1-3-13(4-2-12)19(24)22-17-9-15-5-6-16(10-17)21-15/h1-4,7-8,11,15-17,20-21H,5-6,9-10H2,(H,22,24). The van der Waals surface area contributed by atoms with E-state index in [0.29, 0.717) is 28.8 Å². The predicted octanol–water partition coefficient (Wildman–Crippen LogP) is 2.26. The van der Waals surface area contributed by atoms with Gasteiger partial charge in [0.25, 0.3) is 5.91 Å². The van der Waals surface area contributed by atoms with E-state index >= 15 is 0 Å². The zero-order chi connectivity index (χ0) is 16.5. The lowest BCUT2D eigenvalue weighted by atomic mass is 9.99. The molecule has 2 bridgehead atoms. The van der Waals surface area contributed by atoms with Gasteiger partial charge in [-0.1, -0.05) is 12.1 Å². The number of aromatic amines is 1. The first-order valence-electron chi connectivity index (χ1n) is 8.53. The van der Waals surface area contributed by atoms with Gasteiger partial charge in [0.2, 0.25) is 0 Å². The van der Waals surface area contributed by atoms with Crippen LogP contribution in [-0.2, 0) is 0 Å². The molecule has 2 aliphatic rings. The number of rotatable bonds is 4. The van der Waals surface area contributed by atoms with E-state index in [4.69, 9.17) is 0 Å². The molecule has 2 atom stereocenters. The molecule has 5 nitrogen and oxygen atoms in total. The summed E-state index contributed by atoms with van der Waals surface area (Å²) >= 11 is 0. The van der Waals surface area contributed by atoms with E-state index < -0.39 is 0 Å². The summed E-state index contributed by atoms with van der Waals surface area (Å²) in [5, 5.41) is 6.72. The second kappa shape index (κ2) is 6.24. The van der Waals surface area contributed by atoms with Gasteiger partial charge in [0, 0.05) is 47.2 Å². The molecule has 5 heteroatoms. The quantitative estimate of drug-likeness (QED) is 0.756. The van der Waals surface area contributed by atoms with Crippen LogP contribution in [0, 0.1) is 0 Å². The van der Waals surface area contributed by atoms with Crippen molar-refractivity contribution < 1.29 is 9.59 Å². The number of carbonyl (C=O) groups excluding carboxylic acids is 2. The molecule has 0 radical (unpaired) electrons. The average Bonchev–Trinajstić information content (AvgIpc) is 3.24. The van der Waals surface area contributed by atoms with Gasteiger partial charge < -0.3 is 15.6 Å². The molecule has 4 rings (SSSR count). The summed E-state index contributed by atoms with van der Waals surface area (Å²) in [6, 6.07) is 9.99. The Morgan fingerprint density at radius 2 is 1.58 bits per heavy atom. The first kappa shape index (κ1) is 15.1. The van der Waals surface area contributed by atoms with Crippen molar-refractivity contribution in [3.63, 3.8) is 0 Å². The fraction of sp³-hybridized carbons (Fsp3) is 0.368. The van der Waals surface area contributed by atoms with Gasteiger partial charge in [0.05, 0.1) is 0 Å². The Labute approximate surface area is 140 Å². The third-order valence-electron chi connectivity index (χ3n) is 5.08. The van der Waals surface area contributed by atoms with Crippen molar-refractivity contribution in [1.82, 2.24) is 15.6 Å². The molecule has 3 N–H and O–H groups in total. The van der Waals surface area contributed by atoms with Crippen molar-refractivity contribution in [3.05, 3.63) is 59.4 Å². The first-order valence-corrected chi connectivity index (χ1v) is 8.53. The third kappa shape index (κ3) is 2.99. The Hall–Kier alpha value is -2.40. The van der Waals surface area contributed by atoms with Gasteiger partial charge in [-0.15, -0.1) is 0 Å². The summed E-state index contributed by atoms with van der Waals surface area (Å²) in [5.41, 5.74) is 1.81. The molecular formula is C19H21N3O2. The maximum Gasteiger partial charge on any atom is 0.251 e. The summed E-state index contributed by atoms with van der Waals surface area (Å²) in [7, 11) is 0. The summed E-state index contributed by atoms with van der Waals surface area (Å²) in [6.07, 6.45) is 7.84. The normalized spacial score (nSPS) is 25.4. The summed E-state index contributed by atoms with van der Waals surface area (Å²) in [5.74, 6) is -0.0971. The second-order valence-corrected chi connectivity index (χ2v) is 6.79. The maximum atomic E-state index is 12.4. The van der Waals surface area contributed by atoms with Crippen LogP contribution in [-0.4, -0.2) is 34.8 Å². The summed E-state index contributed by atoms with van der Waals surface area (Å²) in [4.78, 5) is 27.6. The van der Waals surface area contributed by atoms with Crippen molar-refractivity contribution >= 4 is 11.7 Å². The number of carbonyl (C=O) groups is 2. The molecule has 0 spiro atoms. The molecule has 0 saturated carbocycles. The Balaban J connectivity index is 1.41. The molecule has 1 aromatic heterocycles. The Morgan fingerprint density at radius 3 is 2.21 bits per heavy atom. The maximum absolute atomic E-state index is 12.4. The molecule has 2 aromatic rings. The number of piperidine rings is 1. The monoisotopic (exact) mass is 323 g/mol. The minimum Gasteiger partial charge on any atom is -0.367 e. The molecule has 2 aliphatic heterocycles. The van der Waals surface area contributed by atoms with Crippen molar-refractivity contribution in [1.29, 1.82) is 0 Å². The molecule has 24 heavy (non-hydrogen) atoms. The fourth-order valence-electron chi connectivity index (χ4n) is 3.85. The van der Waals surface area contributed by atoms with Gasteiger partial charge in [-0.2, -0.15) is 0 Å². The highest BCUT2D eigenvalue weighted by Crippen LogP contribution is 2.27. The predicted molar refractivity (Wildman–Crippen MR) is 91.1 cm³/mol. The van der Waals surface area contributed by atoms with E-state index in [9.17, 15) is 9.59 Å². The molecule has 3 heterocycles. The van der Waals surface area contributed by atoms with Gasteiger partial charge in [0.15, 0.2) is 5.78 Å². The summed E-state index contributed by atoms with van der Waals surface area (Å²) in [6.45, 7) is 0. The van der Waals surface area contributed by atoms with E-state index in [2.05, 4.69) is 15.6 Å². The van der Waals surface area contributed by atoms with Crippen LogP contribution in [0.25, 0.3) is 0 Å². The van der Waals surface area contributed by atoms with Gasteiger partial charge in [-0.05, 0) is 43.9 Å². The number of H-pyrrole nitrogens is 1. The van der Waals surface area contributed by atoms with Crippen LogP contribution >= 0.6 is 0 Å². The zero-order valence-electron chi connectivity index (χ0n) is 13.4. The number of aromatic nitrogens is 1. The molecule has 0 aliphatic carbocycles. The van der Waals surface area contributed by atoms with Crippen molar-refractivity contribution in [2.24, 2.45) is 0 Å². The Morgan fingerprint density at radius 1 is 0.917 bits per heavy atom. The SMILES string of the molecule is O=C(NC1CC2CCC(C1)N2)c1ccc(C(=O)c2cc[nH]c2)cc1. The van der Waals surface area contributed by atoms with Crippen LogP contribution in [0.15, 0.2) is 42.7 Å². The first-order chi connectivity index (χ1) is 11.7. The molecule has 2 unspecified atom stereocenters. The number of benzene rings is 1. The molecule has 124 valence electrons. The highest BCUT2D eigenvalue weighted by Gasteiger charge is 2.34. The van der Waals surface area contributed by atoms with E-state index in [1.807, 2.05) is 0 Å². The number of fused-ring (bicyclic) bond motifs is 2. The molecule has 2 fully saturated rings. The van der Waals surface area contributed by atoms with Crippen LogP contribution in [0.1, 0.15) is 52.0 Å². The van der Waals surface area contributed by atoms with E-state index in [1.54, 1.807) is 42.7 Å². The van der Waals surface area contributed by atoms with Gasteiger partial charge in [-0.25, -0.2) is 0 Å². The second-order valence-electron chi connectivity index (χ2n) is 6.79.